The summed E-state index contributed by atoms with van der Waals surface area (Å²) in [6.45, 7) is 1.33. The zero-order chi connectivity index (χ0) is 15.4. The van der Waals surface area contributed by atoms with E-state index in [-0.39, 0.29) is 12.4 Å². The molecule has 2 aromatic rings. The van der Waals surface area contributed by atoms with Crippen LogP contribution in [0.1, 0.15) is 24.0 Å². The Morgan fingerprint density at radius 1 is 1.17 bits per heavy atom. The lowest BCUT2D eigenvalue weighted by Gasteiger charge is -2.16. The number of hydrogen-bond acceptors (Lipinski definition) is 3. The van der Waals surface area contributed by atoms with E-state index in [1.54, 1.807) is 7.11 Å². The van der Waals surface area contributed by atoms with Crippen LogP contribution in [0.25, 0.3) is 0 Å². The van der Waals surface area contributed by atoms with Gasteiger partial charge in [-0.2, -0.15) is 0 Å². The number of ether oxygens (including phenoxy) is 2. The number of methoxy groups -OCH3 is 1. The van der Waals surface area contributed by atoms with Gasteiger partial charge in [-0.15, -0.1) is 12.4 Å². The Morgan fingerprint density at radius 2 is 1.91 bits per heavy atom. The molecule has 3 rings (SSSR count). The summed E-state index contributed by atoms with van der Waals surface area (Å²) < 4.78 is 12.6. The molecule has 3 nitrogen and oxygen atoms in total. The Kier molecular flexibility index (Phi) is 6.75. The van der Waals surface area contributed by atoms with E-state index >= 15 is 0 Å². The second kappa shape index (κ2) is 8.57. The van der Waals surface area contributed by atoms with Gasteiger partial charge in [0.1, 0.15) is 6.61 Å². The minimum atomic E-state index is 0. The maximum Gasteiger partial charge on any atom is 0.166 e. The first kappa shape index (κ1) is 18.1. The van der Waals surface area contributed by atoms with E-state index in [2.05, 4.69) is 39.4 Å². The van der Waals surface area contributed by atoms with Crippen LogP contribution in [0.5, 0.6) is 11.5 Å². The highest BCUT2D eigenvalue weighted by molar-refractivity contribution is 9.10. The Bertz CT molecular complexity index is 632. The lowest BCUT2D eigenvalue weighted by atomic mass is 10.1. The molecule has 1 saturated carbocycles. The van der Waals surface area contributed by atoms with Crippen LogP contribution in [-0.2, 0) is 13.2 Å². The van der Waals surface area contributed by atoms with Gasteiger partial charge in [-0.25, -0.2) is 0 Å². The molecule has 1 aliphatic rings. The van der Waals surface area contributed by atoms with Crippen LogP contribution in [0, 0.1) is 0 Å². The average molecular weight is 399 g/mol. The fraction of sp³-hybridized carbons (Fsp3) is 0.333. The van der Waals surface area contributed by atoms with Gasteiger partial charge in [-0.05, 0) is 30.5 Å². The summed E-state index contributed by atoms with van der Waals surface area (Å²) in [6, 6.07) is 14.9. The number of rotatable bonds is 7. The third kappa shape index (κ3) is 5.13. The Labute approximate surface area is 151 Å². The highest BCUT2D eigenvalue weighted by Gasteiger charge is 2.21. The molecule has 0 bridgehead atoms. The largest absolute Gasteiger partial charge is 0.493 e. The predicted octanol–water partition coefficient (Wildman–Crippen LogP) is 4.71. The van der Waals surface area contributed by atoms with Crippen LogP contribution in [0.4, 0.5) is 0 Å². The molecule has 23 heavy (non-hydrogen) atoms. The summed E-state index contributed by atoms with van der Waals surface area (Å²) in [7, 11) is 1.68. The SMILES string of the molecule is COc1cc(Br)cc(CNC2CC2)c1OCc1ccccc1.Cl. The van der Waals surface area contributed by atoms with Crippen molar-refractivity contribution in [2.75, 3.05) is 7.11 Å². The molecule has 2 aromatic carbocycles. The Balaban J connectivity index is 0.00000192. The van der Waals surface area contributed by atoms with Crippen LogP contribution in [0.2, 0.25) is 0 Å². The highest BCUT2D eigenvalue weighted by Crippen LogP contribution is 2.36. The quantitative estimate of drug-likeness (QED) is 0.732. The summed E-state index contributed by atoms with van der Waals surface area (Å²) in [5.74, 6) is 1.58. The fourth-order valence-electron chi connectivity index (χ4n) is 2.34. The molecule has 1 N–H and O–H groups in total. The predicted molar refractivity (Wildman–Crippen MR) is 98.6 cm³/mol. The van der Waals surface area contributed by atoms with Crippen LogP contribution in [0.3, 0.4) is 0 Å². The van der Waals surface area contributed by atoms with E-state index < -0.39 is 0 Å². The van der Waals surface area contributed by atoms with Gasteiger partial charge >= 0.3 is 0 Å². The normalized spacial score (nSPS) is 13.3. The molecule has 1 fully saturated rings. The molecule has 0 heterocycles. The highest BCUT2D eigenvalue weighted by atomic mass is 79.9. The molecule has 0 radical (unpaired) electrons. The minimum Gasteiger partial charge on any atom is -0.493 e. The Morgan fingerprint density at radius 3 is 2.57 bits per heavy atom. The molecule has 0 atom stereocenters. The van der Waals surface area contributed by atoms with Crippen molar-refractivity contribution in [1.29, 1.82) is 0 Å². The van der Waals surface area contributed by atoms with Crippen molar-refractivity contribution in [2.24, 2.45) is 0 Å². The molecule has 0 unspecified atom stereocenters. The fourth-order valence-corrected chi connectivity index (χ4v) is 2.83. The van der Waals surface area contributed by atoms with Crippen LogP contribution in [-0.4, -0.2) is 13.2 Å². The van der Waals surface area contributed by atoms with Gasteiger partial charge in [0.2, 0.25) is 0 Å². The third-order valence-electron chi connectivity index (χ3n) is 3.70. The van der Waals surface area contributed by atoms with Crippen molar-refractivity contribution in [2.45, 2.75) is 32.0 Å². The van der Waals surface area contributed by atoms with Crippen LogP contribution in [0.15, 0.2) is 46.9 Å². The molecular weight excluding hydrogens is 378 g/mol. The maximum atomic E-state index is 6.07. The minimum absolute atomic E-state index is 0. The van der Waals surface area contributed by atoms with Gasteiger partial charge < -0.3 is 14.8 Å². The molecule has 5 heteroatoms. The third-order valence-corrected chi connectivity index (χ3v) is 4.16. The molecule has 0 saturated heterocycles. The van der Waals surface area contributed by atoms with Crippen LogP contribution < -0.4 is 14.8 Å². The van der Waals surface area contributed by atoms with E-state index in [9.17, 15) is 0 Å². The van der Waals surface area contributed by atoms with Crippen molar-refractivity contribution in [3.63, 3.8) is 0 Å². The topological polar surface area (TPSA) is 30.5 Å². The van der Waals surface area contributed by atoms with Gasteiger partial charge in [0.05, 0.1) is 7.11 Å². The summed E-state index contributed by atoms with van der Waals surface area (Å²) in [5.41, 5.74) is 2.27. The zero-order valence-electron chi connectivity index (χ0n) is 13.0. The van der Waals surface area contributed by atoms with Gasteiger partial charge in [0, 0.05) is 22.6 Å². The lowest BCUT2D eigenvalue weighted by Crippen LogP contribution is -2.16. The molecular formula is C18H21BrClNO2. The van der Waals surface area contributed by atoms with Crippen LogP contribution >= 0.6 is 28.3 Å². The summed E-state index contributed by atoms with van der Waals surface area (Å²) in [5, 5.41) is 3.53. The summed E-state index contributed by atoms with van der Waals surface area (Å²) in [4.78, 5) is 0. The van der Waals surface area contributed by atoms with E-state index in [1.165, 1.54) is 12.8 Å². The standard InChI is InChI=1S/C18H20BrNO2.ClH/c1-21-17-10-15(19)9-14(11-20-16-7-8-16)18(17)22-12-13-5-3-2-4-6-13;/h2-6,9-10,16,20H,7-8,11-12H2,1H3;1H. The van der Waals surface area contributed by atoms with E-state index in [0.29, 0.717) is 12.6 Å². The number of benzene rings is 2. The van der Waals surface area contributed by atoms with E-state index in [1.807, 2.05) is 24.3 Å². The maximum absolute atomic E-state index is 6.07. The summed E-state index contributed by atoms with van der Waals surface area (Å²) >= 11 is 3.54. The first-order valence-electron chi connectivity index (χ1n) is 7.53. The van der Waals surface area contributed by atoms with E-state index in [0.717, 1.165) is 33.6 Å². The van der Waals surface area contributed by atoms with Crippen molar-refractivity contribution >= 4 is 28.3 Å². The van der Waals surface area contributed by atoms with Crippen molar-refractivity contribution in [3.8, 4) is 11.5 Å². The molecule has 0 aliphatic heterocycles. The van der Waals surface area contributed by atoms with Crippen molar-refractivity contribution in [1.82, 2.24) is 5.32 Å². The molecule has 0 aromatic heterocycles. The number of hydrogen-bond donors (Lipinski definition) is 1. The number of halogens is 2. The lowest BCUT2D eigenvalue weighted by molar-refractivity contribution is 0.280. The average Bonchev–Trinajstić information content (AvgIpc) is 3.36. The zero-order valence-corrected chi connectivity index (χ0v) is 15.5. The first-order valence-corrected chi connectivity index (χ1v) is 8.32. The Hall–Kier alpha value is -1.23. The van der Waals surface area contributed by atoms with Gasteiger partial charge in [-0.1, -0.05) is 46.3 Å². The molecule has 124 valence electrons. The van der Waals surface area contributed by atoms with E-state index in [4.69, 9.17) is 9.47 Å². The van der Waals surface area contributed by atoms with Gasteiger partial charge in [0.15, 0.2) is 11.5 Å². The smallest absolute Gasteiger partial charge is 0.166 e. The van der Waals surface area contributed by atoms with Crippen molar-refractivity contribution in [3.05, 3.63) is 58.1 Å². The first-order chi connectivity index (χ1) is 10.8. The summed E-state index contributed by atoms with van der Waals surface area (Å²) in [6.07, 6.45) is 2.54. The number of nitrogens with one attached hydrogen (secondary N) is 1. The molecule has 0 spiro atoms. The molecule has 1 aliphatic carbocycles. The molecule has 0 amide bonds. The monoisotopic (exact) mass is 397 g/mol. The van der Waals surface area contributed by atoms with Crippen molar-refractivity contribution < 1.29 is 9.47 Å². The van der Waals surface area contributed by atoms with Gasteiger partial charge in [0.25, 0.3) is 0 Å². The second-order valence-electron chi connectivity index (χ2n) is 5.53. The van der Waals surface area contributed by atoms with Gasteiger partial charge in [-0.3, -0.25) is 0 Å². The second-order valence-corrected chi connectivity index (χ2v) is 6.44.